The Morgan fingerprint density at radius 2 is 1.71 bits per heavy atom. The largest absolute Gasteiger partial charge is 0.491 e. The van der Waals surface area contributed by atoms with Crippen molar-refractivity contribution in [1.82, 2.24) is 0 Å². The molecule has 28 heavy (non-hydrogen) atoms. The maximum absolute atomic E-state index is 12.1. The Morgan fingerprint density at radius 1 is 1.00 bits per heavy atom. The van der Waals surface area contributed by atoms with E-state index in [1.165, 1.54) is 0 Å². The number of hydrogen-bond donors (Lipinski definition) is 0. The molecule has 0 bridgehead atoms. The molecule has 0 saturated heterocycles. The molecule has 0 spiro atoms. The topological polar surface area (TPSA) is 82.1 Å². The number of methoxy groups -OCH3 is 1. The minimum Gasteiger partial charge on any atom is -0.491 e. The van der Waals surface area contributed by atoms with E-state index in [1.54, 1.807) is 37.4 Å². The van der Waals surface area contributed by atoms with Gasteiger partial charge in [0.25, 0.3) is 0 Å². The second-order valence-electron chi connectivity index (χ2n) is 6.13. The fraction of sp³-hybridized carbons (Fsp3) is 0.381. The highest BCUT2D eigenvalue weighted by Crippen LogP contribution is 2.26. The first-order valence-electron chi connectivity index (χ1n) is 9.07. The average molecular weight is 385 g/mol. The Balaban J connectivity index is 1.86. The van der Waals surface area contributed by atoms with Gasteiger partial charge in [-0.25, -0.2) is 0 Å². The first-order chi connectivity index (χ1) is 13.6. The highest BCUT2D eigenvalue weighted by atomic mass is 16.5. The van der Waals surface area contributed by atoms with Gasteiger partial charge < -0.3 is 18.9 Å². The molecule has 0 unspecified atom stereocenters. The number of carbonyl (C=O) groups excluding carboxylic acids is 1. The lowest BCUT2D eigenvalue weighted by molar-refractivity contribution is -0.134. The van der Waals surface area contributed by atoms with E-state index >= 15 is 0 Å². The third-order valence-electron chi connectivity index (χ3n) is 3.94. The van der Waals surface area contributed by atoms with E-state index in [4.69, 9.17) is 24.3 Å². The minimum absolute atomic E-state index is 0.153. The zero-order valence-electron chi connectivity index (χ0n) is 16.2. The van der Waals surface area contributed by atoms with Crippen LogP contribution in [0.25, 0.3) is 4.98 Å². The van der Waals surface area contributed by atoms with Crippen molar-refractivity contribution in [2.45, 2.75) is 19.8 Å². The van der Waals surface area contributed by atoms with Crippen LogP contribution in [0.15, 0.2) is 42.5 Å². The van der Waals surface area contributed by atoms with E-state index in [2.05, 4.69) is 4.98 Å². The van der Waals surface area contributed by atoms with Crippen molar-refractivity contribution >= 4 is 11.7 Å². The molecular weight excluding hydrogens is 360 g/mol. The van der Waals surface area contributed by atoms with Crippen LogP contribution in [-0.4, -0.2) is 39.5 Å². The SMILES string of the molecule is COCCOCCOc1ccc([N+]#N)c(CCC(=O)Oc2ccc(C)cc2)c1. The van der Waals surface area contributed by atoms with E-state index in [0.717, 1.165) is 5.56 Å². The summed E-state index contributed by atoms with van der Waals surface area (Å²) in [5, 5.41) is 9.17. The number of aryl methyl sites for hydroxylation is 2. The lowest BCUT2D eigenvalue weighted by Crippen LogP contribution is -2.10. The highest BCUT2D eigenvalue weighted by Gasteiger charge is 2.17. The predicted molar refractivity (Wildman–Crippen MR) is 105 cm³/mol. The molecule has 0 saturated carbocycles. The predicted octanol–water partition coefficient (Wildman–Crippen LogP) is 4.06. The summed E-state index contributed by atoms with van der Waals surface area (Å²) in [5.41, 5.74) is 2.18. The fourth-order valence-corrected chi connectivity index (χ4v) is 2.44. The summed E-state index contributed by atoms with van der Waals surface area (Å²) in [4.78, 5) is 15.3. The Bertz CT molecular complexity index is 799. The van der Waals surface area contributed by atoms with Crippen molar-refractivity contribution < 1.29 is 23.7 Å². The van der Waals surface area contributed by atoms with Crippen LogP contribution in [-0.2, 0) is 20.7 Å². The molecule has 0 radical (unpaired) electrons. The number of carbonyl (C=O) groups is 1. The normalized spacial score (nSPS) is 10.3. The maximum atomic E-state index is 12.1. The first kappa shape index (κ1) is 21.4. The molecule has 0 N–H and O–H groups in total. The van der Waals surface area contributed by atoms with E-state index in [9.17, 15) is 4.79 Å². The number of ether oxygens (including phenoxy) is 4. The Labute approximate surface area is 164 Å². The van der Waals surface area contributed by atoms with Crippen molar-refractivity contribution in [2.75, 3.05) is 33.5 Å². The average Bonchev–Trinajstić information content (AvgIpc) is 2.71. The Hall–Kier alpha value is -2.95. The molecular formula is C21H25N2O5+. The molecule has 0 aliphatic carbocycles. The monoisotopic (exact) mass is 385 g/mol. The number of esters is 1. The van der Waals surface area contributed by atoms with Gasteiger partial charge in [-0.3, -0.25) is 4.79 Å². The van der Waals surface area contributed by atoms with Gasteiger partial charge in [0.15, 0.2) is 4.98 Å². The van der Waals surface area contributed by atoms with Crippen LogP contribution in [0, 0.1) is 12.3 Å². The molecule has 0 aliphatic rings. The van der Waals surface area contributed by atoms with Gasteiger partial charge >= 0.3 is 11.7 Å². The molecule has 2 aromatic carbocycles. The molecule has 7 heteroatoms. The van der Waals surface area contributed by atoms with Crippen LogP contribution in [0.5, 0.6) is 11.5 Å². The standard InChI is InChI=1S/C21H25N2O5/c1-16-3-6-18(7-4-16)28-21(24)10-5-17-15-19(8-9-20(17)23-22)27-14-13-26-12-11-25-2/h3-4,6-9,15H,5,10-14H2,1-2H3/q+1. The van der Waals surface area contributed by atoms with Gasteiger partial charge in [-0.2, -0.15) is 0 Å². The van der Waals surface area contributed by atoms with Gasteiger partial charge in [0, 0.05) is 13.2 Å². The molecule has 2 rings (SSSR count). The van der Waals surface area contributed by atoms with E-state index < -0.39 is 0 Å². The smallest absolute Gasteiger partial charge is 0.388 e. The van der Waals surface area contributed by atoms with Crippen molar-refractivity contribution in [2.24, 2.45) is 0 Å². The van der Waals surface area contributed by atoms with Crippen LogP contribution >= 0.6 is 0 Å². The Morgan fingerprint density at radius 3 is 2.43 bits per heavy atom. The minimum atomic E-state index is -0.356. The number of benzene rings is 2. The molecule has 2 aromatic rings. The molecule has 0 atom stereocenters. The summed E-state index contributed by atoms with van der Waals surface area (Å²) < 4.78 is 21.2. The molecule has 0 amide bonds. The number of diazo groups is 1. The molecule has 0 aliphatic heterocycles. The van der Waals surface area contributed by atoms with Gasteiger partial charge in [0.1, 0.15) is 18.1 Å². The van der Waals surface area contributed by atoms with Crippen molar-refractivity contribution in [3.63, 3.8) is 0 Å². The quantitative estimate of drug-likeness (QED) is 0.251. The lowest BCUT2D eigenvalue weighted by atomic mass is 10.1. The summed E-state index contributed by atoms with van der Waals surface area (Å²) in [6, 6.07) is 12.4. The molecule has 7 nitrogen and oxygen atoms in total. The molecule has 0 heterocycles. The van der Waals surface area contributed by atoms with Gasteiger partial charge in [0.2, 0.25) is 5.39 Å². The van der Waals surface area contributed by atoms with E-state index in [-0.39, 0.29) is 12.4 Å². The summed E-state index contributed by atoms with van der Waals surface area (Å²) in [6.45, 7) is 3.83. The van der Waals surface area contributed by atoms with Gasteiger partial charge in [-0.15, -0.1) is 0 Å². The summed E-state index contributed by atoms with van der Waals surface area (Å²) >= 11 is 0. The Kier molecular flexibility index (Phi) is 8.92. The number of nitrogens with zero attached hydrogens (tertiary/aromatic N) is 2. The van der Waals surface area contributed by atoms with Crippen molar-refractivity contribution in [1.29, 1.82) is 5.39 Å². The number of hydrogen-bond acceptors (Lipinski definition) is 6. The van der Waals surface area contributed by atoms with E-state index in [1.807, 2.05) is 19.1 Å². The first-order valence-corrected chi connectivity index (χ1v) is 9.07. The van der Waals surface area contributed by atoms with Crippen LogP contribution in [0.1, 0.15) is 17.5 Å². The second-order valence-corrected chi connectivity index (χ2v) is 6.13. The van der Waals surface area contributed by atoms with Crippen LogP contribution < -0.4 is 9.47 Å². The highest BCUT2D eigenvalue weighted by molar-refractivity contribution is 5.73. The number of rotatable bonds is 11. The fourth-order valence-electron chi connectivity index (χ4n) is 2.44. The van der Waals surface area contributed by atoms with E-state index in [0.29, 0.717) is 55.6 Å². The molecule has 0 aromatic heterocycles. The maximum Gasteiger partial charge on any atom is 0.388 e. The van der Waals surface area contributed by atoms with Gasteiger partial charge in [0.05, 0.1) is 31.8 Å². The van der Waals surface area contributed by atoms with Gasteiger partial charge in [-0.05, 0) is 37.6 Å². The third kappa shape index (κ3) is 7.35. The zero-order chi connectivity index (χ0) is 20.2. The second kappa shape index (κ2) is 11.7. The summed E-state index contributed by atoms with van der Waals surface area (Å²) in [5.74, 6) is 0.767. The van der Waals surface area contributed by atoms with Crippen LogP contribution in [0.3, 0.4) is 0 Å². The van der Waals surface area contributed by atoms with Gasteiger partial charge in [-0.1, -0.05) is 17.7 Å². The summed E-state index contributed by atoms with van der Waals surface area (Å²) in [6.07, 6.45) is 0.519. The van der Waals surface area contributed by atoms with Crippen molar-refractivity contribution in [3.05, 3.63) is 58.6 Å². The zero-order valence-corrected chi connectivity index (χ0v) is 16.2. The summed E-state index contributed by atoms with van der Waals surface area (Å²) in [7, 11) is 1.62. The molecule has 0 fully saturated rings. The van der Waals surface area contributed by atoms with Crippen LogP contribution in [0.4, 0.5) is 5.69 Å². The van der Waals surface area contributed by atoms with Crippen molar-refractivity contribution in [3.8, 4) is 11.5 Å². The third-order valence-corrected chi connectivity index (χ3v) is 3.94. The lowest BCUT2D eigenvalue weighted by Gasteiger charge is -2.08. The van der Waals surface area contributed by atoms with Crippen LogP contribution in [0.2, 0.25) is 0 Å². The molecule has 148 valence electrons.